The summed E-state index contributed by atoms with van der Waals surface area (Å²) in [7, 11) is 0. The average Bonchev–Trinajstić information content (AvgIpc) is 2.71. The first kappa shape index (κ1) is 15.1. The van der Waals surface area contributed by atoms with Crippen LogP contribution in [0.1, 0.15) is 52.9 Å². The molecular formula is C15H29N3. The van der Waals surface area contributed by atoms with E-state index < -0.39 is 0 Å². The van der Waals surface area contributed by atoms with Crippen LogP contribution in [0.4, 0.5) is 0 Å². The molecular weight excluding hydrogens is 222 g/mol. The van der Waals surface area contributed by atoms with Gasteiger partial charge in [0.25, 0.3) is 0 Å². The van der Waals surface area contributed by atoms with Crippen LogP contribution < -0.4 is 11.1 Å². The van der Waals surface area contributed by atoms with Gasteiger partial charge >= 0.3 is 0 Å². The summed E-state index contributed by atoms with van der Waals surface area (Å²) in [5.41, 5.74) is 7.37. The van der Waals surface area contributed by atoms with Crippen molar-refractivity contribution in [2.24, 2.45) is 22.1 Å². The molecule has 0 spiro atoms. The molecule has 0 aromatic heterocycles. The van der Waals surface area contributed by atoms with Gasteiger partial charge in [-0.25, -0.2) is 0 Å². The van der Waals surface area contributed by atoms with Crippen molar-refractivity contribution in [1.82, 2.24) is 5.32 Å². The number of nitrogens with one attached hydrogen (secondary N) is 1. The first-order chi connectivity index (χ1) is 8.43. The van der Waals surface area contributed by atoms with Crippen molar-refractivity contribution in [1.29, 1.82) is 0 Å². The zero-order chi connectivity index (χ0) is 13.6. The maximum absolute atomic E-state index is 5.89. The van der Waals surface area contributed by atoms with E-state index in [-0.39, 0.29) is 0 Å². The second-order valence-corrected chi connectivity index (χ2v) is 6.32. The molecule has 0 aromatic rings. The molecule has 0 aromatic carbocycles. The van der Waals surface area contributed by atoms with E-state index in [1.54, 1.807) is 0 Å². The summed E-state index contributed by atoms with van der Waals surface area (Å²) in [6.07, 6.45) is 6.58. The second-order valence-electron chi connectivity index (χ2n) is 6.32. The van der Waals surface area contributed by atoms with Crippen LogP contribution in [0.25, 0.3) is 0 Å². The zero-order valence-electron chi connectivity index (χ0n) is 12.3. The van der Waals surface area contributed by atoms with Gasteiger partial charge in [0, 0.05) is 13.1 Å². The molecule has 3 heteroatoms. The van der Waals surface area contributed by atoms with Gasteiger partial charge in [0.05, 0.1) is 0 Å². The van der Waals surface area contributed by atoms with Gasteiger partial charge in [0.1, 0.15) is 0 Å². The number of aliphatic imine (C=N–C) groups is 1. The van der Waals surface area contributed by atoms with Crippen molar-refractivity contribution in [2.75, 3.05) is 13.1 Å². The van der Waals surface area contributed by atoms with Gasteiger partial charge in [0.15, 0.2) is 5.96 Å². The van der Waals surface area contributed by atoms with Gasteiger partial charge in [-0.2, -0.15) is 0 Å². The van der Waals surface area contributed by atoms with Gasteiger partial charge in [-0.15, -0.1) is 0 Å². The molecule has 1 aliphatic rings. The molecule has 0 atom stereocenters. The number of nitrogens with zero attached hydrogens (tertiary/aromatic N) is 1. The highest BCUT2D eigenvalue weighted by atomic mass is 15.1. The Morgan fingerprint density at radius 3 is 2.50 bits per heavy atom. The number of guanidine groups is 1. The third-order valence-electron chi connectivity index (χ3n) is 3.66. The lowest BCUT2D eigenvalue weighted by Gasteiger charge is -2.29. The Morgan fingerprint density at radius 1 is 1.39 bits per heavy atom. The fourth-order valence-electron chi connectivity index (χ4n) is 2.97. The first-order valence-electron chi connectivity index (χ1n) is 7.12. The summed E-state index contributed by atoms with van der Waals surface area (Å²) < 4.78 is 0. The molecule has 0 bridgehead atoms. The third kappa shape index (κ3) is 5.11. The normalized spacial score (nSPS) is 19.2. The molecule has 3 nitrogen and oxygen atoms in total. The molecule has 0 radical (unpaired) electrons. The molecule has 18 heavy (non-hydrogen) atoms. The van der Waals surface area contributed by atoms with Crippen molar-refractivity contribution in [3.63, 3.8) is 0 Å². The second kappa shape index (κ2) is 6.81. The molecule has 0 aliphatic heterocycles. The average molecular weight is 251 g/mol. The summed E-state index contributed by atoms with van der Waals surface area (Å²) in [4.78, 5) is 4.55. The predicted octanol–water partition coefficient (Wildman–Crippen LogP) is 3.07. The Morgan fingerprint density at radius 2 is 2.00 bits per heavy atom. The fourth-order valence-corrected chi connectivity index (χ4v) is 2.97. The lowest BCUT2D eigenvalue weighted by molar-refractivity contribution is 0.245. The lowest BCUT2D eigenvalue weighted by atomic mass is 9.78. The molecule has 104 valence electrons. The molecule has 0 saturated heterocycles. The SMILES string of the molecule is C=C(C)CNC(N)=NCC1(CC(C)C)CCCC1. The minimum atomic E-state index is 0.406. The number of hydrogen-bond donors (Lipinski definition) is 2. The largest absolute Gasteiger partial charge is 0.370 e. The monoisotopic (exact) mass is 251 g/mol. The molecule has 1 rings (SSSR count). The minimum Gasteiger partial charge on any atom is -0.370 e. The van der Waals surface area contributed by atoms with Crippen LogP contribution in [0.3, 0.4) is 0 Å². The topological polar surface area (TPSA) is 50.4 Å². The molecule has 0 heterocycles. The Labute approximate surface area is 112 Å². The van der Waals surface area contributed by atoms with Gasteiger partial charge in [-0.1, -0.05) is 38.8 Å². The predicted molar refractivity (Wildman–Crippen MR) is 79.7 cm³/mol. The quantitative estimate of drug-likeness (QED) is 0.433. The standard InChI is InChI=1S/C15H29N3/c1-12(2)9-15(7-5-6-8-15)11-18-14(16)17-10-13(3)4/h12H,3,5-11H2,1-2,4H3,(H3,16,17,18). The summed E-state index contributed by atoms with van der Waals surface area (Å²) in [5, 5.41) is 3.10. The van der Waals surface area contributed by atoms with Gasteiger partial charge in [-0.3, -0.25) is 4.99 Å². The van der Waals surface area contributed by atoms with E-state index in [9.17, 15) is 0 Å². The van der Waals surface area contributed by atoms with E-state index in [0.29, 0.717) is 17.9 Å². The lowest BCUT2D eigenvalue weighted by Crippen LogP contribution is -2.34. The van der Waals surface area contributed by atoms with E-state index >= 15 is 0 Å². The van der Waals surface area contributed by atoms with E-state index in [1.807, 2.05) is 6.92 Å². The van der Waals surface area contributed by atoms with Crippen LogP contribution in [0.5, 0.6) is 0 Å². The highest BCUT2D eigenvalue weighted by molar-refractivity contribution is 5.78. The molecule has 1 aliphatic carbocycles. The van der Waals surface area contributed by atoms with Crippen LogP contribution in [-0.4, -0.2) is 19.0 Å². The Kier molecular flexibility index (Phi) is 5.70. The van der Waals surface area contributed by atoms with Crippen LogP contribution in [0, 0.1) is 11.3 Å². The summed E-state index contributed by atoms with van der Waals surface area (Å²) >= 11 is 0. The maximum atomic E-state index is 5.89. The van der Waals surface area contributed by atoms with E-state index in [0.717, 1.165) is 18.0 Å². The summed E-state index contributed by atoms with van der Waals surface area (Å²) in [5.74, 6) is 1.30. The van der Waals surface area contributed by atoms with Crippen molar-refractivity contribution < 1.29 is 0 Å². The molecule has 0 amide bonds. The minimum absolute atomic E-state index is 0.406. The fraction of sp³-hybridized carbons (Fsp3) is 0.800. The molecule has 1 fully saturated rings. The highest BCUT2D eigenvalue weighted by Gasteiger charge is 2.34. The number of nitrogens with two attached hydrogens (primary N) is 1. The maximum Gasteiger partial charge on any atom is 0.188 e. The number of hydrogen-bond acceptors (Lipinski definition) is 1. The molecule has 1 saturated carbocycles. The number of rotatable bonds is 6. The Balaban J connectivity index is 2.51. The highest BCUT2D eigenvalue weighted by Crippen LogP contribution is 2.43. The van der Waals surface area contributed by atoms with Crippen LogP contribution >= 0.6 is 0 Å². The van der Waals surface area contributed by atoms with Crippen LogP contribution in [0.15, 0.2) is 17.1 Å². The van der Waals surface area contributed by atoms with Crippen LogP contribution in [-0.2, 0) is 0 Å². The van der Waals surface area contributed by atoms with Crippen molar-refractivity contribution in [2.45, 2.75) is 52.9 Å². The summed E-state index contributed by atoms with van der Waals surface area (Å²) in [6, 6.07) is 0. The Hall–Kier alpha value is -0.990. The molecule has 0 unspecified atom stereocenters. The smallest absolute Gasteiger partial charge is 0.188 e. The summed E-state index contributed by atoms with van der Waals surface area (Å²) in [6.45, 7) is 12.0. The molecule has 3 N–H and O–H groups in total. The van der Waals surface area contributed by atoms with Crippen molar-refractivity contribution in [3.05, 3.63) is 12.2 Å². The van der Waals surface area contributed by atoms with E-state index in [2.05, 4.69) is 30.7 Å². The Bertz CT molecular complexity index is 299. The van der Waals surface area contributed by atoms with Crippen molar-refractivity contribution >= 4 is 5.96 Å². The van der Waals surface area contributed by atoms with E-state index in [4.69, 9.17) is 5.73 Å². The van der Waals surface area contributed by atoms with Crippen molar-refractivity contribution in [3.8, 4) is 0 Å². The zero-order valence-corrected chi connectivity index (χ0v) is 12.3. The van der Waals surface area contributed by atoms with Crippen LogP contribution in [0.2, 0.25) is 0 Å². The van der Waals surface area contributed by atoms with Gasteiger partial charge < -0.3 is 11.1 Å². The van der Waals surface area contributed by atoms with E-state index in [1.165, 1.54) is 32.1 Å². The van der Waals surface area contributed by atoms with Gasteiger partial charge in [0.2, 0.25) is 0 Å². The first-order valence-corrected chi connectivity index (χ1v) is 7.12. The van der Waals surface area contributed by atoms with Gasteiger partial charge in [-0.05, 0) is 37.5 Å². The third-order valence-corrected chi connectivity index (χ3v) is 3.66.